The zero-order chi connectivity index (χ0) is 20.9. The molecule has 8 nitrogen and oxygen atoms in total. The minimum Gasteiger partial charge on any atom is -0.475 e. The largest absolute Gasteiger partial charge is 0.490 e. The molecule has 2 aromatic heterocycles. The first-order valence-electron chi connectivity index (χ1n) is 9.35. The van der Waals surface area contributed by atoms with E-state index in [1.54, 1.807) is 6.26 Å². The lowest BCUT2D eigenvalue weighted by molar-refractivity contribution is -0.192. The van der Waals surface area contributed by atoms with Crippen LogP contribution in [0.3, 0.4) is 0 Å². The number of carboxylic acid groups (broad SMARTS) is 1. The highest BCUT2D eigenvalue weighted by atomic mass is 19.4. The highest BCUT2D eigenvalue weighted by Crippen LogP contribution is 2.29. The van der Waals surface area contributed by atoms with E-state index in [2.05, 4.69) is 15.2 Å². The van der Waals surface area contributed by atoms with Crippen LogP contribution in [0, 0.1) is 5.92 Å². The summed E-state index contributed by atoms with van der Waals surface area (Å²) in [5.41, 5.74) is 3.42. The van der Waals surface area contributed by atoms with Crippen molar-refractivity contribution in [2.45, 2.75) is 51.7 Å². The second kappa shape index (κ2) is 9.40. The summed E-state index contributed by atoms with van der Waals surface area (Å²) in [7, 11) is 0. The van der Waals surface area contributed by atoms with Crippen LogP contribution >= 0.6 is 0 Å². The molecule has 0 bridgehead atoms. The number of ether oxygens (including phenoxy) is 1. The maximum absolute atomic E-state index is 10.6. The number of rotatable bonds is 6. The van der Waals surface area contributed by atoms with Gasteiger partial charge in [0.2, 0.25) is 0 Å². The minimum atomic E-state index is -5.08. The van der Waals surface area contributed by atoms with Gasteiger partial charge in [0.25, 0.3) is 0 Å². The number of halogens is 3. The lowest BCUT2D eigenvalue weighted by Crippen LogP contribution is -2.23. The third-order valence-electron chi connectivity index (χ3n) is 4.65. The van der Waals surface area contributed by atoms with E-state index in [0.717, 1.165) is 50.8 Å². The molecule has 29 heavy (non-hydrogen) atoms. The van der Waals surface area contributed by atoms with Crippen molar-refractivity contribution >= 4 is 5.97 Å². The summed E-state index contributed by atoms with van der Waals surface area (Å²) in [4.78, 5) is 11.3. The zero-order valence-electron chi connectivity index (χ0n) is 15.8. The molecule has 4 rings (SSSR count). The van der Waals surface area contributed by atoms with Gasteiger partial charge in [0.15, 0.2) is 0 Å². The third kappa shape index (κ3) is 6.57. The van der Waals surface area contributed by atoms with Gasteiger partial charge in [0, 0.05) is 38.3 Å². The highest BCUT2D eigenvalue weighted by molar-refractivity contribution is 5.73. The van der Waals surface area contributed by atoms with Gasteiger partial charge in [-0.1, -0.05) is 5.21 Å². The number of nitrogens with zero attached hydrogens (tertiary/aromatic N) is 4. The molecule has 0 spiro atoms. The molecule has 0 radical (unpaired) electrons. The predicted molar refractivity (Wildman–Crippen MR) is 93.5 cm³/mol. The number of carbonyl (C=O) groups is 1. The Morgan fingerprint density at radius 2 is 2.10 bits per heavy atom. The second-order valence-corrected chi connectivity index (χ2v) is 7.16. The number of alkyl halides is 3. The van der Waals surface area contributed by atoms with Crippen molar-refractivity contribution in [2.24, 2.45) is 5.92 Å². The summed E-state index contributed by atoms with van der Waals surface area (Å²) < 4.78 is 44.8. The van der Waals surface area contributed by atoms with Crippen molar-refractivity contribution in [3.05, 3.63) is 35.5 Å². The van der Waals surface area contributed by atoms with Gasteiger partial charge in [-0.15, -0.1) is 5.10 Å². The highest BCUT2D eigenvalue weighted by Gasteiger charge is 2.38. The monoisotopic (exact) mass is 416 g/mol. The van der Waals surface area contributed by atoms with E-state index in [9.17, 15) is 13.2 Å². The van der Waals surface area contributed by atoms with Crippen LogP contribution in [0.4, 0.5) is 13.2 Å². The van der Waals surface area contributed by atoms with Gasteiger partial charge in [0.05, 0.1) is 24.8 Å². The summed E-state index contributed by atoms with van der Waals surface area (Å²) in [5, 5.41) is 15.8. The Morgan fingerprint density at radius 1 is 1.34 bits per heavy atom. The molecule has 160 valence electrons. The standard InChI is InChI=1S/C16H22N4O2.C2HF3O2/c1-5-19(8-14-4-7-21-11-14)9-16-15(17-18-20(16)6-1)12-22-10-13-2-3-13;3-2(4,5)1(6)7/h4,7,11,13H,1-3,5-6,8-10,12H2;(H,6,7). The van der Waals surface area contributed by atoms with Crippen LogP contribution in [-0.2, 0) is 35.8 Å². The fourth-order valence-corrected chi connectivity index (χ4v) is 2.95. The quantitative estimate of drug-likeness (QED) is 0.774. The molecule has 11 heteroatoms. The van der Waals surface area contributed by atoms with Crippen molar-refractivity contribution in [1.29, 1.82) is 0 Å². The smallest absolute Gasteiger partial charge is 0.475 e. The predicted octanol–water partition coefficient (Wildman–Crippen LogP) is 2.84. The van der Waals surface area contributed by atoms with Gasteiger partial charge in [-0.2, -0.15) is 13.2 Å². The molecule has 1 saturated carbocycles. The third-order valence-corrected chi connectivity index (χ3v) is 4.65. The number of aliphatic carboxylic acids is 1. The summed E-state index contributed by atoms with van der Waals surface area (Å²) in [6.45, 7) is 5.24. The average molecular weight is 416 g/mol. The number of furan rings is 1. The molecule has 2 aromatic rings. The Kier molecular flexibility index (Phi) is 6.91. The molecule has 0 atom stereocenters. The molecule has 1 aliphatic carbocycles. The van der Waals surface area contributed by atoms with E-state index in [1.165, 1.54) is 24.1 Å². The van der Waals surface area contributed by atoms with Gasteiger partial charge in [0.1, 0.15) is 5.69 Å². The lowest BCUT2D eigenvalue weighted by atomic mass is 10.2. The molecule has 0 amide bonds. The van der Waals surface area contributed by atoms with E-state index in [1.807, 2.05) is 17.0 Å². The van der Waals surface area contributed by atoms with Crippen LogP contribution in [0.25, 0.3) is 0 Å². The molecule has 3 heterocycles. The van der Waals surface area contributed by atoms with Crippen LogP contribution in [0.5, 0.6) is 0 Å². The van der Waals surface area contributed by atoms with Crippen LogP contribution in [0.1, 0.15) is 36.2 Å². The SMILES string of the molecule is O=C(O)C(F)(F)F.c1cc(CN2CCCn3nnc(COCC4CC4)c3C2)co1. The number of aryl methyl sites for hydroxylation is 1. The minimum absolute atomic E-state index is 0.589. The van der Waals surface area contributed by atoms with Crippen molar-refractivity contribution in [1.82, 2.24) is 19.9 Å². The first-order chi connectivity index (χ1) is 13.8. The Hall–Kier alpha value is -2.40. The lowest BCUT2D eigenvalue weighted by Gasteiger charge is -2.18. The number of carboxylic acids is 1. The summed E-state index contributed by atoms with van der Waals surface area (Å²) in [6.07, 6.45) is 2.20. The fraction of sp³-hybridized carbons (Fsp3) is 0.611. The molecular weight excluding hydrogens is 393 g/mol. The molecule has 1 N–H and O–H groups in total. The molecule has 1 aliphatic heterocycles. The van der Waals surface area contributed by atoms with Crippen LogP contribution in [0.15, 0.2) is 23.0 Å². The number of hydrogen-bond donors (Lipinski definition) is 1. The van der Waals surface area contributed by atoms with Crippen LogP contribution in [-0.4, -0.2) is 50.3 Å². The summed E-state index contributed by atoms with van der Waals surface area (Å²) in [6, 6.07) is 2.03. The van der Waals surface area contributed by atoms with E-state index >= 15 is 0 Å². The number of aromatic nitrogens is 3. The van der Waals surface area contributed by atoms with Gasteiger partial charge >= 0.3 is 12.1 Å². The second-order valence-electron chi connectivity index (χ2n) is 7.16. The molecule has 0 aromatic carbocycles. The normalized spacial score (nSPS) is 17.2. The Bertz CT molecular complexity index is 788. The van der Waals surface area contributed by atoms with Gasteiger partial charge < -0.3 is 14.3 Å². The topological polar surface area (TPSA) is 93.6 Å². The zero-order valence-corrected chi connectivity index (χ0v) is 15.8. The van der Waals surface area contributed by atoms with Crippen molar-refractivity contribution in [3.8, 4) is 0 Å². The van der Waals surface area contributed by atoms with Gasteiger partial charge in [-0.3, -0.25) is 4.90 Å². The number of fused-ring (bicyclic) bond motifs is 1. The maximum atomic E-state index is 10.6. The van der Waals surface area contributed by atoms with Crippen molar-refractivity contribution in [2.75, 3.05) is 13.2 Å². The molecular formula is C18H23F3N4O4. The molecule has 0 saturated heterocycles. The molecule has 0 unspecified atom stereocenters. The fourth-order valence-electron chi connectivity index (χ4n) is 2.95. The van der Waals surface area contributed by atoms with E-state index < -0.39 is 12.1 Å². The van der Waals surface area contributed by atoms with E-state index in [4.69, 9.17) is 19.1 Å². The van der Waals surface area contributed by atoms with Crippen molar-refractivity contribution < 1.29 is 32.2 Å². The first-order valence-corrected chi connectivity index (χ1v) is 9.35. The maximum Gasteiger partial charge on any atom is 0.490 e. The molecule has 2 aliphatic rings. The summed E-state index contributed by atoms with van der Waals surface area (Å²) >= 11 is 0. The first kappa shape index (κ1) is 21.3. The van der Waals surface area contributed by atoms with Crippen LogP contribution < -0.4 is 0 Å². The Labute approximate surface area is 165 Å². The number of hydrogen-bond acceptors (Lipinski definition) is 6. The van der Waals surface area contributed by atoms with Crippen molar-refractivity contribution in [3.63, 3.8) is 0 Å². The van der Waals surface area contributed by atoms with Crippen LogP contribution in [0.2, 0.25) is 0 Å². The Morgan fingerprint density at radius 3 is 2.72 bits per heavy atom. The summed E-state index contributed by atoms with van der Waals surface area (Å²) in [5.74, 6) is -1.97. The van der Waals surface area contributed by atoms with E-state index in [-0.39, 0.29) is 0 Å². The van der Waals surface area contributed by atoms with Gasteiger partial charge in [-0.25, -0.2) is 9.48 Å². The average Bonchev–Trinajstić information content (AvgIpc) is 3.27. The Balaban J connectivity index is 0.000000298. The molecule has 1 fully saturated rings. The van der Waals surface area contributed by atoms with E-state index in [0.29, 0.717) is 6.61 Å². The van der Waals surface area contributed by atoms with Gasteiger partial charge in [-0.05, 0) is 31.2 Å².